The van der Waals surface area contributed by atoms with Crippen LogP contribution in [0, 0.1) is 0 Å². The Morgan fingerprint density at radius 2 is 1.94 bits per heavy atom. The number of fused-ring (bicyclic) bond motifs is 1. The van der Waals surface area contributed by atoms with Gasteiger partial charge in [0, 0.05) is 6.20 Å². The lowest BCUT2D eigenvalue weighted by Gasteiger charge is -2.23. The van der Waals surface area contributed by atoms with Crippen molar-refractivity contribution in [3.63, 3.8) is 0 Å². The van der Waals surface area contributed by atoms with Crippen LogP contribution in [0.2, 0.25) is 5.02 Å². The molecule has 31 heavy (non-hydrogen) atoms. The van der Waals surface area contributed by atoms with E-state index in [1.807, 2.05) is 30.3 Å². The zero-order chi connectivity index (χ0) is 21.9. The van der Waals surface area contributed by atoms with E-state index in [2.05, 4.69) is 15.5 Å². The number of carbonyl (C=O) groups is 2. The smallest absolute Gasteiger partial charge is 0.252 e. The first-order valence-corrected chi connectivity index (χ1v) is 9.60. The van der Waals surface area contributed by atoms with Gasteiger partial charge >= 0.3 is 0 Å². The fraction of sp³-hybridized carbons (Fsp3) is 0.333. The average Bonchev–Trinajstić information content (AvgIpc) is 3.10. The Kier molecular flexibility index (Phi) is 7.72. The molecule has 0 spiro atoms. The summed E-state index contributed by atoms with van der Waals surface area (Å²) in [6, 6.07) is 10.3. The Labute approximate surface area is 185 Å². The summed E-state index contributed by atoms with van der Waals surface area (Å²) in [6.45, 7) is 3.61. The van der Waals surface area contributed by atoms with Gasteiger partial charge in [-0.3, -0.25) is 14.0 Å². The van der Waals surface area contributed by atoms with Gasteiger partial charge in [0.2, 0.25) is 5.91 Å². The molecule has 10 heteroatoms. The van der Waals surface area contributed by atoms with Crippen molar-refractivity contribution < 1.29 is 14.3 Å². The lowest BCUT2D eigenvalue weighted by molar-refractivity contribution is -0.126. The highest BCUT2D eigenvalue weighted by molar-refractivity contribution is 6.31. The molecule has 0 aliphatic heterocycles. The Morgan fingerprint density at radius 1 is 1.26 bits per heavy atom. The van der Waals surface area contributed by atoms with Gasteiger partial charge in [0.15, 0.2) is 11.5 Å². The molecule has 0 aliphatic rings. The number of carbonyl (C=O) groups excluding carboxylic acids is 2. The molecule has 3 aromatic rings. The molecule has 166 valence electrons. The monoisotopic (exact) mass is 446 g/mol. The highest BCUT2D eigenvalue weighted by Gasteiger charge is 2.28. The number of nitrogens with zero attached hydrogens (tertiary/aromatic N) is 3. The Morgan fingerprint density at radius 3 is 2.55 bits per heavy atom. The number of halogens is 1. The summed E-state index contributed by atoms with van der Waals surface area (Å²) in [7, 11) is 0. The topological polar surface area (TPSA) is 138 Å². The number of nitrogens with two attached hydrogens (primary N) is 2. The molecule has 5 N–H and O–H groups in total. The van der Waals surface area contributed by atoms with Crippen LogP contribution >= 0.6 is 11.6 Å². The molecule has 3 rings (SSSR count). The second kappa shape index (κ2) is 9.86. The van der Waals surface area contributed by atoms with Crippen LogP contribution in [0.15, 0.2) is 42.6 Å². The third-order valence-corrected chi connectivity index (χ3v) is 4.57. The van der Waals surface area contributed by atoms with Gasteiger partial charge in [0.05, 0.1) is 29.3 Å². The maximum Gasteiger partial charge on any atom is 0.252 e. The lowest BCUT2D eigenvalue weighted by atomic mass is 10.1. The minimum atomic E-state index is -1.12. The summed E-state index contributed by atoms with van der Waals surface area (Å²) >= 11 is 6.14. The minimum Gasteiger partial charge on any atom is -0.374 e. The van der Waals surface area contributed by atoms with Crippen LogP contribution in [0.1, 0.15) is 49.1 Å². The van der Waals surface area contributed by atoms with Crippen LogP contribution < -0.4 is 16.8 Å². The van der Waals surface area contributed by atoms with E-state index in [4.69, 9.17) is 27.8 Å². The number of hydrogen-bond donors (Lipinski definition) is 3. The van der Waals surface area contributed by atoms with Crippen molar-refractivity contribution >= 4 is 29.1 Å². The summed E-state index contributed by atoms with van der Waals surface area (Å²) < 4.78 is 7.33. The molecular formula is C21H27ClN6O3. The second-order valence-electron chi connectivity index (χ2n) is 7.44. The summed E-state index contributed by atoms with van der Waals surface area (Å²) in [5.74, 6) is -0.754. The van der Waals surface area contributed by atoms with Crippen molar-refractivity contribution in [1.82, 2.24) is 19.9 Å². The van der Waals surface area contributed by atoms with Crippen molar-refractivity contribution in [3.8, 4) is 0 Å². The third kappa shape index (κ3) is 5.78. The number of primary amides is 1. The predicted octanol–water partition coefficient (Wildman–Crippen LogP) is 2.23. The van der Waals surface area contributed by atoms with Crippen molar-refractivity contribution in [2.45, 2.75) is 39.5 Å². The third-order valence-electron chi connectivity index (χ3n) is 4.36. The molecular weight excluding hydrogens is 420 g/mol. The van der Waals surface area contributed by atoms with Crippen LogP contribution in [0.5, 0.6) is 0 Å². The van der Waals surface area contributed by atoms with E-state index in [9.17, 15) is 9.59 Å². The van der Waals surface area contributed by atoms with Crippen LogP contribution in [0.3, 0.4) is 0 Å². The quantitative estimate of drug-likeness (QED) is 0.485. The van der Waals surface area contributed by atoms with Crippen LogP contribution in [-0.4, -0.2) is 38.6 Å². The predicted molar refractivity (Wildman–Crippen MR) is 118 cm³/mol. The van der Waals surface area contributed by atoms with Gasteiger partial charge in [-0.25, -0.2) is 0 Å². The molecule has 0 radical (unpaired) electrons. The number of ether oxygens (including phenoxy) is 1. The van der Waals surface area contributed by atoms with E-state index in [0.717, 1.165) is 5.56 Å². The maximum absolute atomic E-state index is 12.5. The lowest BCUT2D eigenvalue weighted by Crippen LogP contribution is -2.50. The van der Waals surface area contributed by atoms with Gasteiger partial charge < -0.3 is 21.5 Å². The molecule has 2 aromatic heterocycles. The number of aromatic nitrogens is 3. The van der Waals surface area contributed by atoms with E-state index >= 15 is 0 Å². The summed E-state index contributed by atoms with van der Waals surface area (Å²) in [5, 5.41) is 11.3. The fourth-order valence-corrected chi connectivity index (χ4v) is 3.00. The Hall–Kier alpha value is -3.01. The number of benzene rings is 1. The van der Waals surface area contributed by atoms with E-state index in [1.165, 1.54) is 10.5 Å². The standard InChI is InChI=1S/C20H23ClN6O3.CH4/c1-20(2,23)19(29)24-15(11-30-10-12-6-4-3-5-7-12)18-26-25-17-14(16(22)28)8-13(21)9-27(17)18;/h3-9,15H,10-11,23H2,1-2H3,(H2,22,28)(H,24,29);1H4/t15-;/m1./s1. The van der Waals surface area contributed by atoms with Crippen molar-refractivity contribution in [3.05, 3.63) is 64.6 Å². The zero-order valence-corrected chi connectivity index (χ0v) is 17.4. The molecule has 1 aromatic carbocycles. The highest BCUT2D eigenvalue weighted by Crippen LogP contribution is 2.21. The van der Waals surface area contributed by atoms with Crippen molar-refractivity contribution in [2.75, 3.05) is 6.61 Å². The molecule has 0 saturated carbocycles. The number of nitrogens with one attached hydrogen (secondary N) is 1. The molecule has 0 unspecified atom stereocenters. The van der Waals surface area contributed by atoms with Gasteiger partial charge in [0.1, 0.15) is 6.04 Å². The van der Waals surface area contributed by atoms with Gasteiger partial charge in [-0.05, 0) is 25.5 Å². The molecule has 1 atom stereocenters. The highest BCUT2D eigenvalue weighted by atomic mass is 35.5. The fourth-order valence-electron chi connectivity index (χ4n) is 2.79. The first kappa shape index (κ1) is 24.3. The Bertz CT molecular complexity index is 1060. The van der Waals surface area contributed by atoms with Gasteiger partial charge in [0.25, 0.3) is 5.91 Å². The van der Waals surface area contributed by atoms with Gasteiger partial charge in [-0.2, -0.15) is 0 Å². The number of hydrogen-bond acceptors (Lipinski definition) is 6. The average molecular weight is 447 g/mol. The normalized spacial score (nSPS) is 12.3. The first-order chi connectivity index (χ1) is 14.2. The number of pyridine rings is 1. The van der Waals surface area contributed by atoms with Gasteiger partial charge in [-0.15, -0.1) is 10.2 Å². The Balaban J connectivity index is 0.00000341. The minimum absolute atomic E-state index is 0. The molecule has 2 amide bonds. The molecule has 2 heterocycles. The number of amides is 2. The van der Waals surface area contributed by atoms with Crippen molar-refractivity contribution in [2.24, 2.45) is 11.5 Å². The van der Waals surface area contributed by atoms with Crippen LogP contribution in [-0.2, 0) is 16.1 Å². The van der Waals surface area contributed by atoms with E-state index in [-0.39, 0.29) is 30.3 Å². The molecule has 0 fully saturated rings. The number of rotatable bonds is 8. The molecule has 0 aliphatic carbocycles. The summed E-state index contributed by atoms with van der Waals surface area (Å²) in [5.41, 5.74) is 11.6. The summed E-state index contributed by atoms with van der Waals surface area (Å²) in [4.78, 5) is 24.3. The first-order valence-electron chi connectivity index (χ1n) is 9.22. The SMILES string of the molecule is C.CC(C)(N)C(=O)N[C@H](COCc1ccccc1)c1nnc2c(C(N)=O)cc(Cl)cn12. The summed E-state index contributed by atoms with van der Waals surface area (Å²) in [6.07, 6.45) is 1.54. The molecule has 9 nitrogen and oxygen atoms in total. The maximum atomic E-state index is 12.5. The van der Waals surface area contributed by atoms with E-state index in [0.29, 0.717) is 12.4 Å². The molecule has 0 bridgehead atoms. The van der Waals surface area contributed by atoms with E-state index in [1.54, 1.807) is 20.0 Å². The second-order valence-corrected chi connectivity index (χ2v) is 7.87. The van der Waals surface area contributed by atoms with Crippen LogP contribution in [0.25, 0.3) is 5.65 Å². The van der Waals surface area contributed by atoms with E-state index < -0.39 is 23.4 Å². The van der Waals surface area contributed by atoms with Crippen molar-refractivity contribution in [1.29, 1.82) is 0 Å². The molecule has 0 saturated heterocycles. The van der Waals surface area contributed by atoms with Crippen LogP contribution in [0.4, 0.5) is 0 Å². The largest absolute Gasteiger partial charge is 0.374 e. The zero-order valence-electron chi connectivity index (χ0n) is 16.6. The van der Waals surface area contributed by atoms with Gasteiger partial charge in [-0.1, -0.05) is 49.4 Å².